The van der Waals surface area contributed by atoms with Crippen LogP contribution >= 0.6 is 27.3 Å². The summed E-state index contributed by atoms with van der Waals surface area (Å²) in [5.74, 6) is 0.0564. The zero-order valence-corrected chi connectivity index (χ0v) is 30.9. The van der Waals surface area contributed by atoms with Crippen LogP contribution in [0.25, 0.3) is 34.3 Å². The molecule has 7 nitrogen and oxygen atoms in total. The lowest BCUT2D eigenvalue weighted by Gasteiger charge is -2.27. The van der Waals surface area contributed by atoms with Crippen molar-refractivity contribution in [3.63, 3.8) is 0 Å². The van der Waals surface area contributed by atoms with Gasteiger partial charge in [-0.3, -0.25) is 9.36 Å². The molecular formula is C42H36BrN3O4S. The highest BCUT2D eigenvalue weighted by Gasteiger charge is 2.36. The summed E-state index contributed by atoms with van der Waals surface area (Å²) in [6.45, 7) is 4.01. The number of ether oxygens (including phenoxy) is 2. The van der Waals surface area contributed by atoms with E-state index in [0.29, 0.717) is 38.3 Å². The molecular weight excluding hydrogens is 722 g/mol. The molecule has 0 aliphatic carbocycles. The molecule has 51 heavy (non-hydrogen) atoms. The number of esters is 1. The largest absolute Gasteiger partial charge is 0.496 e. The van der Waals surface area contributed by atoms with Gasteiger partial charge in [-0.2, -0.15) is 0 Å². The van der Waals surface area contributed by atoms with E-state index in [-0.39, 0.29) is 12.2 Å². The summed E-state index contributed by atoms with van der Waals surface area (Å²) in [7, 11) is 1.59. The molecule has 3 heterocycles. The fourth-order valence-corrected chi connectivity index (χ4v) is 8.06. The summed E-state index contributed by atoms with van der Waals surface area (Å²) in [5, 5.41) is 0. The maximum atomic E-state index is 14.8. The highest BCUT2D eigenvalue weighted by Crippen LogP contribution is 2.39. The fraction of sp³-hybridized carbons (Fsp3) is 0.167. The van der Waals surface area contributed by atoms with E-state index in [1.54, 1.807) is 18.6 Å². The van der Waals surface area contributed by atoms with Crippen LogP contribution in [0.3, 0.4) is 0 Å². The predicted octanol–water partition coefficient (Wildman–Crippen LogP) is 8.47. The van der Waals surface area contributed by atoms with Crippen LogP contribution in [0.5, 0.6) is 5.75 Å². The Balaban J connectivity index is 1.54. The first-order valence-electron chi connectivity index (χ1n) is 16.9. The SMILES string of the molecule is CCCC1=C(C(=O)OCC)[C@H](c2cc(Br)ccc2OC)n2c(s/c(=C/c3cc(-c4ccccc4)n(-c4ccccc4)c3-c3ccccc3)c2=O)=N1. The van der Waals surface area contributed by atoms with Crippen molar-refractivity contribution in [1.29, 1.82) is 0 Å². The molecule has 4 aromatic carbocycles. The number of methoxy groups -OCH3 is 1. The lowest BCUT2D eigenvalue weighted by Crippen LogP contribution is -2.40. The second kappa shape index (κ2) is 14.9. The van der Waals surface area contributed by atoms with E-state index in [0.717, 1.165) is 44.7 Å². The number of rotatable bonds is 10. The molecule has 0 fully saturated rings. The number of hydrogen-bond donors (Lipinski definition) is 0. The second-order valence-corrected chi connectivity index (χ2v) is 14.0. The van der Waals surface area contributed by atoms with Gasteiger partial charge in [0.25, 0.3) is 5.56 Å². The van der Waals surface area contributed by atoms with Gasteiger partial charge in [-0.05, 0) is 66.9 Å². The number of nitrogens with zero attached hydrogens (tertiary/aromatic N) is 3. The lowest BCUT2D eigenvalue weighted by molar-refractivity contribution is -0.139. The molecule has 256 valence electrons. The van der Waals surface area contributed by atoms with Crippen molar-refractivity contribution in [1.82, 2.24) is 9.13 Å². The number of benzene rings is 4. The Bertz CT molecular complexity index is 2430. The van der Waals surface area contributed by atoms with Gasteiger partial charge in [-0.25, -0.2) is 9.79 Å². The van der Waals surface area contributed by atoms with Crippen molar-refractivity contribution in [2.45, 2.75) is 32.7 Å². The Hall–Kier alpha value is -5.25. The van der Waals surface area contributed by atoms with Crippen LogP contribution in [0, 0.1) is 0 Å². The van der Waals surface area contributed by atoms with Crippen LogP contribution in [0.1, 0.15) is 43.9 Å². The third-order valence-electron chi connectivity index (χ3n) is 8.83. The number of thiazole rings is 1. The first kappa shape index (κ1) is 34.2. The Morgan fingerprint density at radius 2 is 1.57 bits per heavy atom. The molecule has 0 saturated carbocycles. The number of fused-ring (bicyclic) bond motifs is 1. The Morgan fingerprint density at radius 1 is 0.902 bits per heavy atom. The fourth-order valence-electron chi connectivity index (χ4n) is 6.67. The monoisotopic (exact) mass is 757 g/mol. The summed E-state index contributed by atoms with van der Waals surface area (Å²) in [6, 6.07) is 37.7. The average molecular weight is 759 g/mol. The Labute approximate surface area is 308 Å². The average Bonchev–Trinajstić information content (AvgIpc) is 3.69. The van der Waals surface area contributed by atoms with Crippen molar-refractivity contribution in [2.24, 2.45) is 4.99 Å². The smallest absolute Gasteiger partial charge is 0.338 e. The molecule has 1 atom stereocenters. The Kier molecular flexibility index (Phi) is 10.0. The summed E-state index contributed by atoms with van der Waals surface area (Å²) in [4.78, 5) is 34.1. The molecule has 0 saturated heterocycles. The van der Waals surface area contributed by atoms with Gasteiger partial charge in [0.2, 0.25) is 0 Å². The Morgan fingerprint density at radius 3 is 2.22 bits per heavy atom. The van der Waals surface area contributed by atoms with Crippen molar-refractivity contribution in [3.8, 4) is 34.0 Å². The van der Waals surface area contributed by atoms with Gasteiger partial charge in [-0.15, -0.1) is 0 Å². The summed E-state index contributed by atoms with van der Waals surface area (Å²) in [6.07, 6.45) is 3.26. The van der Waals surface area contributed by atoms with E-state index < -0.39 is 12.0 Å². The molecule has 0 bridgehead atoms. The van der Waals surface area contributed by atoms with Crippen molar-refractivity contribution in [3.05, 3.63) is 162 Å². The molecule has 0 radical (unpaired) electrons. The van der Waals surface area contributed by atoms with Crippen LogP contribution in [0.4, 0.5) is 0 Å². The maximum absolute atomic E-state index is 14.8. The van der Waals surface area contributed by atoms with Crippen LogP contribution in [0.15, 0.2) is 141 Å². The molecule has 1 aliphatic rings. The highest BCUT2D eigenvalue weighted by atomic mass is 79.9. The molecule has 1 aliphatic heterocycles. The molecule has 0 N–H and O–H groups in total. The summed E-state index contributed by atoms with van der Waals surface area (Å²) < 4.78 is 16.6. The van der Waals surface area contributed by atoms with E-state index in [2.05, 4.69) is 63.0 Å². The minimum Gasteiger partial charge on any atom is -0.496 e. The third-order valence-corrected chi connectivity index (χ3v) is 10.3. The lowest BCUT2D eigenvalue weighted by atomic mass is 9.93. The van der Waals surface area contributed by atoms with Crippen LogP contribution in [-0.2, 0) is 9.53 Å². The van der Waals surface area contributed by atoms with E-state index in [1.807, 2.05) is 85.8 Å². The molecule has 0 amide bonds. The maximum Gasteiger partial charge on any atom is 0.338 e. The quantitative estimate of drug-likeness (QED) is 0.132. The minimum atomic E-state index is -0.807. The summed E-state index contributed by atoms with van der Waals surface area (Å²) in [5.41, 5.74) is 7.25. The standard InChI is InChI=1S/C42H36BrN3O4S/c1-4-15-33-37(41(48)50-5-2)39(32-26-30(43)22-23-35(32)49-3)46-40(47)36(51-42(46)44-33)25-29-24-34(27-16-9-6-10-17-27)45(31-20-13-8-14-21-31)38(29)28-18-11-7-12-19-28/h6-14,16-26,39H,4-5,15H2,1-3H3/b36-25+/t39-/m0/s1. The topological polar surface area (TPSA) is 74.8 Å². The van der Waals surface area contributed by atoms with Gasteiger partial charge >= 0.3 is 5.97 Å². The van der Waals surface area contributed by atoms with Crippen LogP contribution < -0.4 is 19.6 Å². The zero-order chi connectivity index (χ0) is 35.5. The van der Waals surface area contributed by atoms with Gasteiger partial charge < -0.3 is 14.0 Å². The van der Waals surface area contributed by atoms with Gasteiger partial charge in [0, 0.05) is 21.3 Å². The predicted molar refractivity (Wildman–Crippen MR) is 207 cm³/mol. The molecule has 2 aromatic heterocycles. The third kappa shape index (κ3) is 6.55. The number of hydrogen-bond acceptors (Lipinski definition) is 6. The van der Waals surface area contributed by atoms with E-state index in [9.17, 15) is 9.59 Å². The van der Waals surface area contributed by atoms with Crippen LogP contribution in [0.2, 0.25) is 0 Å². The molecule has 0 spiro atoms. The highest BCUT2D eigenvalue weighted by molar-refractivity contribution is 9.10. The van der Waals surface area contributed by atoms with E-state index in [1.165, 1.54) is 11.3 Å². The normalized spacial score (nSPS) is 14.3. The second-order valence-electron chi connectivity index (χ2n) is 12.0. The van der Waals surface area contributed by atoms with Gasteiger partial charge in [0.05, 0.1) is 40.9 Å². The number of allylic oxidation sites excluding steroid dienone is 1. The molecule has 6 aromatic rings. The van der Waals surface area contributed by atoms with E-state index >= 15 is 0 Å². The van der Waals surface area contributed by atoms with Gasteiger partial charge in [0.1, 0.15) is 11.8 Å². The number of halogens is 1. The van der Waals surface area contributed by atoms with Gasteiger partial charge in [-0.1, -0.05) is 119 Å². The molecule has 9 heteroatoms. The summed E-state index contributed by atoms with van der Waals surface area (Å²) >= 11 is 4.93. The minimum absolute atomic E-state index is 0.193. The zero-order valence-electron chi connectivity index (χ0n) is 28.5. The first-order chi connectivity index (χ1) is 24.9. The number of carbonyl (C=O) groups is 1. The molecule has 0 unspecified atom stereocenters. The number of carbonyl (C=O) groups excluding carboxylic acids is 1. The van der Waals surface area contributed by atoms with E-state index in [4.69, 9.17) is 14.5 Å². The van der Waals surface area contributed by atoms with Gasteiger partial charge in [0.15, 0.2) is 4.80 Å². The van der Waals surface area contributed by atoms with Crippen molar-refractivity contribution in [2.75, 3.05) is 13.7 Å². The number of para-hydroxylation sites is 1. The first-order valence-corrected chi connectivity index (χ1v) is 18.5. The number of aromatic nitrogens is 2. The van der Waals surface area contributed by atoms with Crippen molar-refractivity contribution < 1.29 is 14.3 Å². The van der Waals surface area contributed by atoms with Crippen molar-refractivity contribution >= 4 is 39.3 Å². The van der Waals surface area contributed by atoms with Crippen LogP contribution in [-0.4, -0.2) is 28.8 Å². The molecule has 7 rings (SSSR count).